The summed E-state index contributed by atoms with van der Waals surface area (Å²) in [7, 11) is 0. The quantitative estimate of drug-likeness (QED) is 0.583. The van der Waals surface area contributed by atoms with Crippen LogP contribution < -0.4 is 0 Å². The van der Waals surface area contributed by atoms with Gasteiger partial charge in [-0.25, -0.2) is 0 Å². The van der Waals surface area contributed by atoms with E-state index >= 15 is 0 Å². The van der Waals surface area contributed by atoms with Gasteiger partial charge in [0, 0.05) is 6.42 Å². The zero-order chi connectivity index (χ0) is 13.2. The highest BCUT2D eigenvalue weighted by atomic mass is 14.2. The summed E-state index contributed by atoms with van der Waals surface area (Å²) >= 11 is 0. The summed E-state index contributed by atoms with van der Waals surface area (Å²) in [5.41, 5.74) is 7.98. The molecule has 0 aliphatic heterocycles. The molecule has 0 nitrogen and oxygen atoms in total. The Morgan fingerprint density at radius 2 is 1.21 bits per heavy atom. The van der Waals surface area contributed by atoms with Gasteiger partial charge in [-0.05, 0) is 46.2 Å². The summed E-state index contributed by atoms with van der Waals surface area (Å²) in [4.78, 5) is 0. The number of hydrogen-bond donors (Lipinski definition) is 0. The van der Waals surface area contributed by atoms with Crippen LogP contribution in [-0.4, -0.2) is 0 Å². The van der Waals surface area contributed by atoms with Gasteiger partial charge in [0.1, 0.15) is 0 Å². The molecular formula is C19H17. The smallest absolute Gasteiger partial charge is 0.0212 e. The number of benzene rings is 2. The fourth-order valence-corrected chi connectivity index (χ4v) is 2.71. The van der Waals surface area contributed by atoms with E-state index in [0.29, 0.717) is 0 Å². The van der Waals surface area contributed by atoms with E-state index in [2.05, 4.69) is 56.0 Å². The summed E-state index contributed by atoms with van der Waals surface area (Å²) < 4.78 is 0. The van der Waals surface area contributed by atoms with Crippen LogP contribution >= 0.6 is 0 Å². The molecule has 0 spiro atoms. The van der Waals surface area contributed by atoms with Crippen LogP contribution in [0.2, 0.25) is 0 Å². The van der Waals surface area contributed by atoms with E-state index < -0.39 is 0 Å². The summed E-state index contributed by atoms with van der Waals surface area (Å²) in [6, 6.07) is 13.4. The Bertz CT molecular complexity index is 590. The predicted octanol–water partition coefficient (Wildman–Crippen LogP) is 4.72. The maximum absolute atomic E-state index is 3.80. The van der Waals surface area contributed by atoms with Crippen molar-refractivity contribution in [1.82, 2.24) is 0 Å². The first-order valence-electron chi connectivity index (χ1n) is 6.64. The minimum Gasteiger partial charge on any atom is -0.103 e. The van der Waals surface area contributed by atoms with Gasteiger partial charge in [0.15, 0.2) is 0 Å². The van der Waals surface area contributed by atoms with Crippen molar-refractivity contribution < 1.29 is 0 Å². The van der Waals surface area contributed by atoms with Crippen LogP contribution in [0, 0.1) is 6.42 Å². The van der Waals surface area contributed by atoms with Crippen molar-refractivity contribution in [3.63, 3.8) is 0 Å². The number of fused-ring (bicyclic) bond motifs is 3. The Labute approximate surface area is 115 Å². The molecule has 2 aromatic carbocycles. The highest BCUT2D eigenvalue weighted by Gasteiger charge is 2.18. The first-order chi connectivity index (χ1) is 9.31. The fraction of sp³-hybridized carbons (Fsp3) is 0.105. The second kappa shape index (κ2) is 4.89. The Balaban J connectivity index is 2.00. The summed E-state index contributed by atoms with van der Waals surface area (Å²) in [5, 5.41) is 0. The normalized spacial score (nSPS) is 11.8. The molecule has 0 fully saturated rings. The zero-order valence-corrected chi connectivity index (χ0v) is 11.0. The maximum atomic E-state index is 3.80. The highest BCUT2D eigenvalue weighted by Crippen LogP contribution is 2.38. The molecule has 0 aromatic heterocycles. The fourth-order valence-electron chi connectivity index (χ4n) is 2.71. The molecule has 19 heavy (non-hydrogen) atoms. The van der Waals surface area contributed by atoms with Crippen molar-refractivity contribution in [1.29, 1.82) is 0 Å². The largest absolute Gasteiger partial charge is 0.103 e. The van der Waals surface area contributed by atoms with Crippen molar-refractivity contribution in [2.75, 3.05) is 0 Å². The van der Waals surface area contributed by atoms with E-state index in [1.54, 1.807) is 0 Å². The van der Waals surface area contributed by atoms with Gasteiger partial charge >= 0.3 is 0 Å². The van der Waals surface area contributed by atoms with Crippen LogP contribution in [0.4, 0.5) is 0 Å². The van der Waals surface area contributed by atoms with Crippen molar-refractivity contribution in [2.45, 2.75) is 12.8 Å². The molecule has 3 rings (SSSR count). The third kappa shape index (κ3) is 2.15. The molecule has 0 unspecified atom stereocenters. The number of allylic oxidation sites excluding steroid dienone is 2. The van der Waals surface area contributed by atoms with Gasteiger partial charge in [0.05, 0.1) is 0 Å². The summed E-state index contributed by atoms with van der Waals surface area (Å²) in [5.74, 6) is 0. The van der Waals surface area contributed by atoms with Crippen LogP contribution in [-0.2, 0) is 12.8 Å². The average Bonchev–Trinajstić information content (AvgIpc) is 2.76. The lowest BCUT2D eigenvalue weighted by molar-refractivity contribution is 1.26. The highest BCUT2D eigenvalue weighted by molar-refractivity contribution is 5.81. The molecule has 1 aliphatic carbocycles. The lowest BCUT2D eigenvalue weighted by Crippen LogP contribution is -1.84. The molecule has 0 saturated carbocycles. The molecule has 1 aliphatic rings. The Morgan fingerprint density at radius 3 is 1.63 bits per heavy atom. The Kier molecular flexibility index (Phi) is 3.08. The molecule has 0 amide bonds. The molecule has 0 saturated heterocycles. The monoisotopic (exact) mass is 245 g/mol. The van der Waals surface area contributed by atoms with E-state index in [1.165, 1.54) is 33.4 Å². The van der Waals surface area contributed by atoms with Gasteiger partial charge in [0.2, 0.25) is 0 Å². The standard InChI is InChI=1S/C19H17/c1-3-5-14-7-9-18-16(11-14)13-17-12-15(6-4-2)8-10-19(17)18/h3-4,7-13H,1-2,5-6H2. The first-order valence-corrected chi connectivity index (χ1v) is 6.64. The van der Waals surface area contributed by atoms with Crippen LogP contribution in [0.25, 0.3) is 11.1 Å². The van der Waals surface area contributed by atoms with Gasteiger partial charge in [-0.2, -0.15) is 0 Å². The zero-order valence-electron chi connectivity index (χ0n) is 11.0. The van der Waals surface area contributed by atoms with Gasteiger partial charge in [-0.3, -0.25) is 0 Å². The van der Waals surface area contributed by atoms with Crippen molar-refractivity contribution in [3.05, 3.63) is 90.4 Å². The third-order valence-corrected chi connectivity index (χ3v) is 3.59. The van der Waals surface area contributed by atoms with E-state index in [1.807, 2.05) is 12.2 Å². The van der Waals surface area contributed by atoms with Gasteiger partial charge in [0.25, 0.3) is 0 Å². The Hall–Kier alpha value is -2.08. The minimum atomic E-state index is 0.930. The summed E-state index contributed by atoms with van der Waals surface area (Å²) in [6.45, 7) is 7.60. The number of hydrogen-bond acceptors (Lipinski definition) is 0. The lowest BCUT2D eigenvalue weighted by atomic mass is 10.0. The van der Waals surface area contributed by atoms with Gasteiger partial charge in [-0.15, -0.1) is 13.2 Å². The second-order valence-electron chi connectivity index (χ2n) is 4.97. The van der Waals surface area contributed by atoms with E-state index in [9.17, 15) is 0 Å². The van der Waals surface area contributed by atoms with Crippen molar-refractivity contribution in [2.24, 2.45) is 0 Å². The molecule has 0 atom stereocenters. The SMILES string of the molecule is C=CCc1ccc2c(c1)[CH]c1cc(CC=C)ccc1-2. The molecule has 0 heteroatoms. The molecule has 2 aromatic rings. The van der Waals surface area contributed by atoms with Crippen LogP contribution in [0.15, 0.2) is 61.7 Å². The molecule has 0 N–H and O–H groups in total. The minimum absolute atomic E-state index is 0.930. The molecule has 1 radical (unpaired) electrons. The molecule has 93 valence electrons. The second-order valence-corrected chi connectivity index (χ2v) is 4.97. The Morgan fingerprint density at radius 1 is 0.737 bits per heavy atom. The van der Waals surface area contributed by atoms with Gasteiger partial charge < -0.3 is 0 Å². The maximum Gasteiger partial charge on any atom is 0.0212 e. The van der Waals surface area contributed by atoms with Crippen LogP contribution in [0.1, 0.15) is 22.3 Å². The average molecular weight is 245 g/mol. The number of rotatable bonds is 4. The van der Waals surface area contributed by atoms with Crippen LogP contribution in [0.3, 0.4) is 0 Å². The van der Waals surface area contributed by atoms with Crippen molar-refractivity contribution >= 4 is 0 Å². The molecule has 0 heterocycles. The van der Waals surface area contributed by atoms with Gasteiger partial charge in [-0.1, -0.05) is 48.6 Å². The van der Waals surface area contributed by atoms with E-state index in [4.69, 9.17) is 0 Å². The molecular weight excluding hydrogens is 228 g/mol. The predicted molar refractivity (Wildman–Crippen MR) is 82.2 cm³/mol. The summed E-state index contributed by atoms with van der Waals surface area (Å²) in [6.07, 6.45) is 8.04. The van der Waals surface area contributed by atoms with E-state index in [0.717, 1.165) is 12.8 Å². The van der Waals surface area contributed by atoms with E-state index in [-0.39, 0.29) is 0 Å². The lowest BCUT2D eigenvalue weighted by Gasteiger charge is -2.04. The van der Waals surface area contributed by atoms with Crippen molar-refractivity contribution in [3.8, 4) is 11.1 Å². The van der Waals surface area contributed by atoms with Crippen LogP contribution in [0.5, 0.6) is 0 Å². The third-order valence-electron chi connectivity index (χ3n) is 3.59. The molecule has 0 bridgehead atoms. The first kappa shape index (κ1) is 12.0. The topological polar surface area (TPSA) is 0 Å².